The standard InChI is InChI=1S/C29H24Cl2N6O2/c30-20-7-10-22-24(16-20)34-26(38)15-19-17-32-29(35-27(19)22)33-21-8-5-18(6-9-21)28(39)37-13-11-36(12-14-37)25-4-2-1-3-23(25)31/h1-10,16-17H,11-15H2,(H,34,38)(H,32,33,35). The monoisotopic (exact) mass is 558 g/mol. The molecule has 4 aromatic rings. The Hall–Kier alpha value is -4.14. The first kappa shape index (κ1) is 25.2. The molecule has 2 aliphatic heterocycles. The normalized spacial score (nSPS) is 14.7. The highest BCUT2D eigenvalue weighted by Gasteiger charge is 2.24. The van der Waals surface area contributed by atoms with Gasteiger partial charge in [-0.1, -0.05) is 35.3 Å². The van der Waals surface area contributed by atoms with E-state index in [1.807, 2.05) is 47.4 Å². The largest absolute Gasteiger partial charge is 0.367 e. The number of benzene rings is 3. The van der Waals surface area contributed by atoms with Crippen molar-refractivity contribution in [1.82, 2.24) is 14.9 Å². The lowest BCUT2D eigenvalue weighted by molar-refractivity contribution is -0.115. The topological polar surface area (TPSA) is 90.5 Å². The average Bonchev–Trinajstić information content (AvgIpc) is 3.08. The zero-order valence-electron chi connectivity index (χ0n) is 20.8. The van der Waals surface area contributed by atoms with E-state index in [4.69, 9.17) is 28.2 Å². The van der Waals surface area contributed by atoms with E-state index in [-0.39, 0.29) is 18.2 Å². The molecule has 10 heteroatoms. The Labute approximate surface area is 235 Å². The number of aromatic nitrogens is 2. The minimum absolute atomic E-state index is 0.00549. The zero-order chi connectivity index (χ0) is 26.9. The molecule has 2 aliphatic rings. The van der Waals surface area contributed by atoms with Gasteiger partial charge in [-0.3, -0.25) is 9.59 Å². The Morgan fingerprint density at radius 1 is 0.949 bits per heavy atom. The minimum Gasteiger partial charge on any atom is -0.367 e. The van der Waals surface area contributed by atoms with E-state index in [0.717, 1.165) is 40.6 Å². The number of rotatable bonds is 4. The van der Waals surface area contributed by atoms with Gasteiger partial charge < -0.3 is 20.4 Å². The van der Waals surface area contributed by atoms with Crippen molar-refractivity contribution in [3.05, 3.63) is 94.1 Å². The summed E-state index contributed by atoms with van der Waals surface area (Å²) in [5.41, 5.74) is 5.15. The van der Waals surface area contributed by atoms with Gasteiger partial charge in [0.2, 0.25) is 11.9 Å². The smallest absolute Gasteiger partial charge is 0.253 e. The lowest BCUT2D eigenvalue weighted by atomic mass is 10.1. The van der Waals surface area contributed by atoms with Crippen molar-refractivity contribution >= 4 is 58.0 Å². The molecule has 1 aromatic heterocycles. The summed E-state index contributed by atoms with van der Waals surface area (Å²) in [6, 6.07) is 20.4. The van der Waals surface area contributed by atoms with Crippen molar-refractivity contribution in [2.75, 3.05) is 41.7 Å². The third-order valence-corrected chi connectivity index (χ3v) is 7.43. The Morgan fingerprint density at radius 3 is 2.49 bits per heavy atom. The molecule has 3 aromatic carbocycles. The summed E-state index contributed by atoms with van der Waals surface area (Å²) in [6.07, 6.45) is 1.83. The third-order valence-electron chi connectivity index (χ3n) is 6.87. The number of hydrogen-bond acceptors (Lipinski definition) is 6. The predicted molar refractivity (Wildman–Crippen MR) is 154 cm³/mol. The molecule has 1 fully saturated rings. The highest BCUT2D eigenvalue weighted by molar-refractivity contribution is 6.33. The lowest BCUT2D eigenvalue weighted by Crippen LogP contribution is -2.48. The maximum absolute atomic E-state index is 13.1. The van der Waals surface area contributed by atoms with Gasteiger partial charge in [0.05, 0.1) is 28.5 Å². The summed E-state index contributed by atoms with van der Waals surface area (Å²) < 4.78 is 0. The molecule has 0 spiro atoms. The van der Waals surface area contributed by atoms with Crippen LogP contribution in [-0.2, 0) is 11.2 Å². The van der Waals surface area contributed by atoms with Crippen LogP contribution in [0.15, 0.2) is 72.9 Å². The Morgan fingerprint density at radius 2 is 1.72 bits per heavy atom. The van der Waals surface area contributed by atoms with Crippen molar-refractivity contribution in [1.29, 1.82) is 0 Å². The van der Waals surface area contributed by atoms with Crippen LogP contribution >= 0.6 is 23.2 Å². The van der Waals surface area contributed by atoms with Crippen LogP contribution in [0.25, 0.3) is 11.3 Å². The second kappa shape index (κ2) is 10.6. The number of hydrogen-bond donors (Lipinski definition) is 2. The fourth-order valence-corrected chi connectivity index (χ4v) is 5.32. The molecule has 196 valence electrons. The summed E-state index contributed by atoms with van der Waals surface area (Å²) in [5.74, 6) is 0.236. The molecule has 2 N–H and O–H groups in total. The SMILES string of the molecule is O=C1Cc2cnc(Nc3ccc(C(=O)N4CCN(c5ccccc5Cl)CC4)cc3)nc2-c2ccc(Cl)cc2N1. The molecule has 0 unspecified atom stereocenters. The maximum Gasteiger partial charge on any atom is 0.253 e. The van der Waals surface area contributed by atoms with E-state index < -0.39 is 0 Å². The molecule has 0 radical (unpaired) electrons. The number of para-hydroxylation sites is 1. The summed E-state index contributed by atoms with van der Waals surface area (Å²) in [6.45, 7) is 2.69. The van der Waals surface area contributed by atoms with Crippen molar-refractivity contribution in [3.8, 4) is 11.3 Å². The van der Waals surface area contributed by atoms with Crippen LogP contribution in [0.3, 0.4) is 0 Å². The number of nitrogens with one attached hydrogen (secondary N) is 2. The third kappa shape index (κ3) is 5.26. The fourth-order valence-electron chi connectivity index (χ4n) is 4.89. The maximum atomic E-state index is 13.1. The first-order valence-electron chi connectivity index (χ1n) is 12.6. The Bertz CT molecular complexity index is 1570. The van der Waals surface area contributed by atoms with Crippen LogP contribution in [0.2, 0.25) is 10.0 Å². The zero-order valence-corrected chi connectivity index (χ0v) is 22.3. The molecule has 3 heterocycles. The summed E-state index contributed by atoms with van der Waals surface area (Å²) in [5, 5.41) is 7.33. The van der Waals surface area contributed by atoms with E-state index in [0.29, 0.717) is 41.0 Å². The molecular weight excluding hydrogens is 535 g/mol. The number of fused-ring (bicyclic) bond motifs is 3. The van der Waals surface area contributed by atoms with Crippen LogP contribution in [-0.4, -0.2) is 52.9 Å². The number of halogens is 2. The Balaban J connectivity index is 1.14. The van der Waals surface area contributed by atoms with Crippen molar-refractivity contribution in [2.24, 2.45) is 0 Å². The number of carbonyl (C=O) groups excluding carboxylic acids is 2. The number of amides is 2. The van der Waals surface area contributed by atoms with Gasteiger partial charge in [-0.2, -0.15) is 0 Å². The van der Waals surface area contributed by atoms with Crippen LogP contribution < -0.4 is 15.5 Å². The van der Waals surface area contributed by atoms with E-state index >= 15 is 0 Å². The van der Waals surface area contributed by atoms with Gasteiger partial charge in [-0.15, -0.1) is 0 Å². The summed E-state index contributed by atoms with van der Waals surface area (Å²) in [4.78, 5) is 38.6. The van der Waals surface area contributed by atoms with Gasteiger partial charge in [0.15, 0.2) is 0 Å². The molecule has 1 saturated heterocycles. The first-order valence-corrected chi connectivity index (χ1v) is 13.3. The highest BCUT2D eigenvalue weighted by atomic mass is 35.5. The van der Waals surface area contributed by atoms with E-state index in [2.05, 4.69) is 20.5 Å². The van der Waals surface area contributed by atoms with Crippen LogP contribution in [0, 0.1) is 0 Å². The average molecular weight is 559 g/mol. The second-order valence-electron chi connectivity index (χ2n) is 9.42. The van der Waals surface area contributed by atoms with Gasteiger partial charge in [0.25, 0.3) is 5.91 Å². The second-order valence-corrected chi connectivity index (χ2v) is 10.3. The number of piperazine rings is 1. The van der Waals surface area contributed by atoms with Crippen molar-refractivity contribution in [2.45, 2.75) is 6.42 Å². The number of carbonyl (C=O) groups is 2. The molecule has 0 aliphatic carbocycles. The number of nitrogens with zero attached hydrogens (tertiary/aromatic N) is 4. The first-order chi connectivity index (χ1) is 18.9. The van der Waals surface area contributed by atoms with Crippen molar-refractivity contribution in [3.63, 3.8) is 0 Å². The van der Waals surface area contributed by atoms with Gasteiger partial charge in [-0.25, -0.2) is 9.97 Å². The quantitative estimate of drug-likeness (QED) is 0.336. The van der Waals surface area contributed by atoms with Gasteiger partial charge in [0, 0.05) is 59.8 Å². The molecule has 8 nitrogen and oxygen atoms in total. The van der Waals surface area contributed by atoms with Gasteiger partial charge in [-0.05, 0) is 54.6 Å². The van der Waals surface area contributed by atoms with Crippen LogP contribution in [0.1, 0.15) is 15.9 Å². The van der Waals surface area contributed by atoms with E-state index in [1.54, 1.807) is 30.5 Å². The van der Waals surface area contributed by atoms with Crippen molar-refractivity contribution < 1.29 is 9.59 Å². The van der Waals surface area contributed by atoms with Crippen LogP contribution in [0.4, 0.5) is 23.0 Å². The van der Waals surface area contributed by atoms with E-state index in [9.17, 15) is 9.59 Å². The molecule has 0 saturated carbocycles. The van der Waals surface area contributed by atoms with E-state index in [1.165, 1.54) is 0 Å². The molecule has 0 bridgehead atoms. The summed E-state index contributed by atoms with van der Waals surface area (Å²) in [7, 11) is 0. The summed E-state index contributed by atoms with van der Waals surface area (Å²) >= 11 is 12.5. The fraction of sp³-hybridized carbons (Fsp3) is 0.172. The predicted octanol–water partition coefficient (Wildman–Crippen LogP) is 5.65. The Kier molecular flexibility index (Phi) is 6.81. The van der Waals surface area contributed by atoms with Gasteiger partial charge in [0.1, 0.15) is 0 Å². The molecular formula is C29H24Cl2N6O2. The van der Waals surface area contributed by atoms with Crippen LogP contribution in [0.5, 0.6) is 0 Å². The highest BCUT2D eigenvalue weighted by Crippen LogP contribution is 2.35. The molecule has 0 atom stereocenters. The molecule has 39 heavy (non-hydrogen) atoms. The minimum atomic E-state index is -0.146. The van der Waals surface area contributed by atoms with Gasteiger partial charge >= 0.3 is 0 Å². The lowest BCUT2D eigenvalue weighted by Gasteiger charge is -2.36. The number of anilines is 4. The molecule has 2 amide bonds. The molecule has 6 rings (SSSR count).